The molecule has 0 unspecified atom stereocenters. The summed E-state index contributed by atoms with van der Waals surface area (Å²) in [5.41, 5.74) is 3.96. The van der Waals surface area contributed by atoms with Crippen molar-refractivity contribution in [2.24, 2.45) is 0 Å². The Hall–Kier alpha value is -3.86. The maximum absolute atomic E-state index is 13.0. The number of hydrogen-bond donors (Lipinski definition) is 2. The molecule has 3 aromatic carbocycles. The minimum absolute atomic E-state index is 0.117. The SMILES string of the molecule is COc1ccccc1/C=C(\NC(=O)c1cccc(C)c1)C(=O)Nc1ccc(C)cc1. The lowest BCUT2D eigenvalue weighted by molar-refractivity contribution is -0.113. The molecule has 0 aliphatic carbocycles. The van der Waals surface area contributed by atoms with Gasteiger partial charge >= 0.3 is 0 Å². The van der Waals surface area contributed by atoms with E-state index in [0.717, 1.165) is 11.1 Å². The van der Waals surface area contributed by atoms with Crippen LogP contribution in [0.3, 0.4) is 0 Å². The molecule has 0 atom stereocenters. The van der Waals surface area contributed by atoms with Gasteiger partial charge in [0, 0.05) is 16.8 Å². The number of rotatable bonds is 6. The molecule has 0 spiro atoms. The van der Waals surface area contributed by atoms with Gasteiger partial charge in [-0.05, 0) is 50.3 Å². The summed E-state index contributed by atoms with van der Waals surface area (Å²) < 4.78 is 5.37. The van der Waals surface area contributed by atoms with Gasteiger partial charge in [0.05, 0.1) is 7.11 Å². The van der Waals surface area contributed by atoms with E-state index >= 15 is 0 Å². The normalized spacial score (nSPS) is 11.0. The molecule has 3 rings (SSSR count). The molecule has 0 heterocycles. The summed E-state index contributed by atoms with van der Waals surface area (Å²) in [5, 5.41) is 5.58. The van der Waals surface area contributed by atoms with E-state index < -0.39 is 5.91 Å². The number of para-hydroxylation sites is 1. The summed E-state index contributed by atoms with van der Waals surface area (Å²) in [6.07, 6.45) is 1.61. The second-order valence-electron chi connectivity index (χ2n) is 6.94. The summed E-state index contributed by atoms with van der Waals surface area (Å²) >= 11 is 0. The molecule has 5 nitrogen and oxygen atoms in total. The number of methoxy groups -OCH3 is 1. The van der Waals surface area contributed by atoms with Gasteiger partial charge in [-0.15, -0.1) is 0 Å². The predicted octanol–water partition coefficient (Wildman–Crippen LogP) is 4.72. The molecule has 0 aliphatic rings. The van der Waals surface area contributed by atoms with Crippen molar-refractivity contribution in [3.05, 3.63) is 101 Å². The number of carbonyl (C=O) groups excluding carboxylic acids is 2. The van der Waals surface area contributed by atoms with Crippen molar-refractivity contribution in [1.29, 1.82) is 0 Å². The summed E-state index contributed by atoms with van der Waals surface area (Å²) in [5.74, 6) is -0.187. The fourth-order valence-corrected chi connectivity index (χ4v) is 2.92. The smallest absolute Gasteiger partial charge is 0.272 e. The standard InChI is InChI=1S/C25H24N2O3/c1-17-11-13-21(14-12-17)26-25(29)22(16-19-8-4-5-10-23(19)30-3)27-24(28)20-9-6-7-18(2)15-20/h4-16H,1-3H3,(H,26,29)(H,27,28)/b22-16-. The number of nitrogens with one attached hydrogen (secondary N) is 2. The summed E-state index contributed by atoms with van der Waals surface area (Å²) in [6, 6.07) is 21.9. The monoisotopic (exact) mass is 400 g/mol. The number of amides is 2. The van der Waals surface area contributed by atoms with E-state index in [0.29, 0.717) is 22.6 Å². The first-order chi connectivity index (χ1) is 14.5. The van der Waals surface area contributed by atoms with Gasteiger partial charge in [-0.1, -0.05) is 53.6 Å². The quantitative estimate of drug-likeness (QED) is 0.588. The van der Waals surface area contributed by atoms with Crippen LogP contribution in [0.2, 0.25) is 0 Å². The van der Waals surface area contributed by atoms with Crippen molar-refractivity contribution in [2.75, 3.05) is 12.4 Å². The summed E-state index contributed by atoms with van der Waals surface area (Å²) in [6.45, 7) is 3.88. The van der Waals surface area contributed by atoms with Crippen molar-refractivity contribution < 1.29 is 14.3 Å². The van der Waals surface area contributed by atoms with Crippen molar-refractivity contribution in [3.63, 3.8) is 0 Å². The Bertz CT molecular complexity index is 1090. The minimum atomic E-state index is -0.425. The van der Waals surface area contributed by atoms with Crippen LogP contribution < -0.4 is 15.4 Å². The van der Waals surface area contributed by atoms with Crippen LogP contribution >= 0.6 is 0 Å². The number of carbonyl (C=O) groups is 2. The van der Waals surface area contributed by atoms with Crippen LogP contribution in [-0.2, 0) is 4.79 Å². The summed E-state index contributed by atoms with van der Waals surface area (Å²) in [7, 11) is 1.56. The Balaban J connectivity index is 1.93. The van der Waals surface area contributed by atoms with Crippen LogP contribution in [0.25, 0.3) is 6.08 Å². The van der Waals surface area contributed by atoms with E-state index in [1.54, 1.807) is 37.5 Å². The maximum atomic E-state index is 13.0. The third kappa shape index (κ3) is 5.35. The van der Waals surface area contributed by atoms with Crippen molar-refractivity contribution in [1.82, 2.24) is 5.32 Å². The van der Waals surface area contributed by atoms with Crippen LogP contribution in [0.15, 0.2) is 78.5 Å². The molecule has 5 heteroatoms. The highest BCUT2D eigenvalue weighted by Gasteiger charge is 2.16. The van der Waals surface area contributed by atoms with Crippen LogP contribution in [0.4, 0.5) is 5.69 Å². The molecule has 0 aliphatic heterocycles. The van der Waals surface area contributed by atoms with Gasteiger partial charge in [0.15, 0.2) is 0 Å². The number of ether oxygens (including phenoxy) is 1. The Morgan fingerprint density at radius 2 is 1.60 bits per heavy atom. The van der Waals surface area contributed by atoms with Crippen LogP contribution in [0, 0.1) is 13.8 Å². The Labute approximate surface area is 176 Å². The first-order valence-corrected chi connectivity index (χ1v) is 9.57. The van der Waals surface area contributed by atoms with E-state index in [1.807, 2.05) is 62.4 Å². The molecule has 152 valence electrons. The van der Waals surface area contributed by atoms with Crippen molar-refractivity contribution >= 4 is 23.6 Å². The molecule has 30 heavy (non-hydrogen) atoms. The molecule has 2 N–H and O–H groups in total. The predicted molar refractivity (Wildman–Crippen MR) is 119 cm³/mol. The van der Waals surface area contributed by atoms with Gasteiger partial charge in [-0.25, -0.2) is 0 Å². The summed E-state index contributed by atoms with van der Waals surface area (Å²) in [4.78, 5) is 25.8. The van der Waals surface area contributed by atoms with Gasteiger partial charge in [-0.2, -0.15) is 0 Å². The average molecular weight is 400 g/mol. The highest BCUT2D eigenvalue weighted by atomic mass is 16.5. The Kier molecular flexibility index (Phi) is 6.65. The van der Waals surface area contributed by atoms with Gasteiger partial charge in [-0.3, -0.25) is 9.59 Å². The van der Waals surface area contributed by atoms with Gasteiger partial charge in [0.25, 0.3) is 11.8 Å². The zero-order valence-electron chi connectivity index (χ0n) is 17.2. The Morgan fingerprint density at radius 3 is 2.30 bits per heavy atom. The van der Waals surface area contributed by atoms with Crippen LogP contribution in [0.1, 0.15) is 27.0 Å². The molecular weight excluding hydrogens is 376 g/mol. The molecule has 2 amide bonds. The van der Waals surface area contributed by atoms with E-state index in [1.165, 1.54) is 0 Å². The number of aryl methyl sites for hydroxylation is 2. The van der Waals surface area contributed by atoms with Crippen LogP contribution in [-0.4, -0.2) is 18.9 Å². The second-order valence-corrected chi connectivity index (χ2v) is 6.94. The van der Waals surface area contributed by atoms with E-state index in [2.05, 4.69) is 10.6 Å². The van der Waals surface area contributed by atoms with Gasteiger partial charge < -0.3 is 15.4 Å². The molecule has 0 aromatic heterocycles. The fraction of sp³-hybridized carbons (Fsp3) is 0.120. The van der Waals surface area contributed by atoms with Gasteiger partial charge in [0.1, 0.15) is 11.4 Å². The molecule has 0 bridgehead atoms. The lowest BCUT2D eigenvalue weighted by Crippen LogP contribution is -2.30. The largest absolute Gasteiger partial charge is 0.496 e. The zero-order valence-corrected chi connectivity index (χ0v) is 17.2. The third-order valence-corrected chi connectivity index (χ3v) is 4.52. The third-order valence-electron chi connectivity index (χ3n) is 4.52. The number of anilines is 1. The number of benzene rings is 3. The highest BCUT2D eigenvalue weighted by molar-refractivity contribution is 6.10. The number of hydrogen-bond acceptors (Lipinski definition) is 3. The first kappa shape index (κ1) is 20.9. The van der Waals surface area contributed by atoms with Crippen molar-refractivity contribution in [2.45, 2.75) is 13.8 Å². The fourth-order valence-electron chi connectivity index (χ4n) is 2.92. The highest BCUT2D eigenvalue weighted by Crippen LogP contribution is 2.21. The zero-order chi connectivity index (χ0) is 21.5. The van der Waals surface area contributed by atoms with Crippen LogP contribution in [0.5, 0.6) is 5.75 Å². The lowest BCUT2D eigenvalue weighted by atomic mass is 10.1. The maximum Gasteiger partial charge on any atom is 0.272 e. The van der Waals surface area contributed by atoms with Gasteiger partial charge in [0.2, 0.25) is 0 Å². The Morgan fingerprint density at radius 1 is 0.867 bits per heavy atom. The molecule has 0 saturated carbocycles. The van der Waals surface area contributed by atoms with E-state index in [-0.39, 0.29) is 11.6 Å². The molecule has 0 radical (unpaired) electrons. The topological polar surface area (TPSA) is 67.4 Å². The molecule has 0 fully saturated rings. The molecular formula is C25H24N2O3. The minimum Gasteiger partial charge on any atom is -0.496 e. The van der Waals surface area contributed by atoms with Crippen molar-refractivity contribution in [3.8, 4) is 5.75 Å². The lowest BCUT2D eigenvalue weighted by Gasteiger charge is -2.13. The van der Waals surface area contributed by atoms with E-state index in [9.17, 15) is 9.59 Å². The molecule has 0 saturated heterocycles. The first-order valence-electron chi connectivity index (χ1n) is 9.57. The van der Waals surface area contributed by atoms with E-state index in [4.69, 9.17) is 4.74 Å². The molecule has 3 aromatic rings. The second kappa shape index (κ2) is 9.56. The average Bonchev–Trinajstić information content (AvgIpc) is 2.75.